The third kappa shape index (κ3) is 3.40. The summed E-state index contributed by atoms with van der Waals surface area (Å²) in [5.41, 5.74) is 0.821. The van der Waals surface area contributed by atoms with Crippen molar-refractivity contribution in [2.75, 3.05) is 18.5 Å². The molecule has 0 atom stereocenters. The van der Waals surface area contributed by atoms with E-state index in [1.807, 2.05) is 0 Å². The summed E-state index contributed by atoms with van der Waals surface area (Å²) in [5.74, 6) is -0.691. The van der Waals surface area contributed by atoms with Crippen LogP contribution < -0.4 is 14.8 Å². The highest BCUT2D eigenvalue weighted by atomic mass is 19.4. The summed E-state index contributed by atoms with van der Waals surface area (Å²) < 4.78 is 51.6. The minimum atomic E-state index is -4.67. The van der Waals surface area contributed by atoms with Gasteiger partial charge in [0.05, 0.1) is 11.0 Å². The molecular formula is C18H14F3N3O3. The largest absolute Gasteiger partial charge is 0.486 e. The van der Waals surface area contributed by atoms with Crippen LogP contribution >= 0.6 is 0 Å². The van der Waals surface area contributed by atoms with Gasteiger partial charge < -0.3 is 19.4 Å². The van der Waals surface area contributed by atoms with Gasteiger partial charge in [-0.1, -0.05) is 12.1 Å². The van der Waals surface area contributed by atoms with Gasteiger partial charge in [-0.05, 0) is 24.3 Å². The van der Waals surface area contributed by atoms with Gasteiger partial charge in [-0.2, -0.15) is 13.2 Å². The fraction of sp³-hybridized carbons (Fsp3) is 0.222. The number of nitrogens with zero attached hydrogens (tertiary/aromatic N) is 2. The van der Waals surface area contributed by atoms with E-state index >= 15 is 0 Å². The number of ether oxygens (including phenoxy) is 2. The molecule has 0 saturated carbocycles. The Morgan fingerprint density at radius 1 is 1.11 bits per heavy atom. The Kier molecular flexibility index (Phi) is 4.14. The molecule has 2 aromatic carbocycles. The second kappa shape index (κ2) is 6.49. The average molecular weight is 377 g/mol. The highest BCUT2D eigenvalue weighted by Crippen LogP contribution is 2.33. The molecule has 6 nitrogen and oxygen atoms in total. The molecule has 3 aromatic rings. The van der Waals surface area contributed by atoms with Crippen molar-refractivity contribution in [3.63, 3.8) is 0 Å². The summed E-state index contributed by atoms with van der Waals surface area (Å²) in [5, 5.41) is 2.58. The molecule has 0 radical (unpaired) electrons. The standard InChI is InChI=1S/C18H14F3N3O3/c19-18(20,21)17-23-12-3-1-2-4-13(12)24(17)10-16(25)22-11-5-6-14-15(9-11)27-8-7-26-14/h1-6,9H,7-8,10H2,(H,22,25). The summed E-state index contributed by atoms with van der Waals surface area (Å²) in [6.07, 6.45) is -4.67. The van der Waals surface area contributed by atoms with Crippen molar-refractivity contribution in [2.24, 2.45) is 0 Å². The van der Waals surface area contributed by atoms with Gasteiger partial charge in [0.1, 0.15) is 19.8 Å². The van der Waals surface area contributed by atoms with Gasteiger partial charge in [0.15, 0.2) is 11.5 Å². The first-order chi connectivity index (χ1) is 12.9. The maximum atomic E-state index is 13.3. The number of para-hydroxylation sites is 2. The number of benzene rings is 2. The van der Waals surface area contributed by atoms with Crippen LogP contribution in [-0.2, 0) is 17.5 Å². The van der Waals surface area contributed by atoms with E-state index in [2.05, 4.69) is 10.3 Å². The Labute approximate surface area is 151 Å². The van der Waals surface area contributed by atoms with E-state index in [9.17, 15) is 18.0 Å². The first kappa shape index (κ1) is 17.2. The Bertz CT molecular complexity index is 1010. The maximum Gasteiger partial charge on any atom is 0.449 e. The lowest BCUT2D eigenvalue weighted by molar-refractivity contribution is -0.147. The zero-order chi connectivity index (χ0) is 19.0. The number of fused-ring (bicyclic) bond motifs is 2. The number of amides is 1. The average Bonchev–Trinajstić information content (AvgIpc) is 3.00. The molecular weight excluding hydrogens is 363 g/mol. The third-order valence-electron chi connectivity index (χ3n) is 4.04. The smallest absolute Gasteiger partial charge is 0.449 e. The summed E-state index contributed by atoms with van der Waals surface area (Å²) in [7, 11) is 0. The van der Waals surface area contributed by atoms with Crippen LogP contribution in [0.15, 0.2) is 42.5 Å². The first-order valence-corrected chi connectivity index (χ1v) is 8.14. The molecule has 2 heterocycles. The number of hydrogen-bond donors (Lipinski definition) is 1. The molecule has 0 saturated heterocycles. The summed E-state index contributed by atoms with van der Waals surface area (Å²) >= 11 is 0. The number of nitrogens with one attached hydrogen (secondary N) is 1. The zero-order valence-electron chi connectivity index (χ0n) is 13.9. The van der Waals surface area contributed by atoms with Crippen LogP contribution in [0.3, 0.4) is 0 Å². The third-order valence-corrected chi connectivity index (χ3v) is 4.04. The van der Waals surface area contributed by atoms with Crippen molar-refractivity contribution >= 4 is 22.6 Å². The highest BCUT2D eigenvalue weighted by molar-refractivity contribution is 5.92. The normalized spacial score (nSPS) is 13.6. The van der Waals surface area contributed by atoms with Gasteiger partial charge >= 0.3 is 6.18 Å². The van der Waals surface area contributed by atoms with Gasteiger partial charge in [0.25, 0.3) is 0 Å². The van der Waals surface area contributed by atoms with Crippen LogP contribution in [0.5, 0.6) is 11.5 Å². The lowest BCUT2D eigenvalue weighted by Crippen LogP contribution is -2.23. The number of anilines is 1. The number of alkyl halides is 3. The van der Waals surface area contributed by atoms with E-state index in [-0.39, 0.29) is 11.0 Å². The molecule has 1 aliphatic heterocycles. The molecule has 140 valence electrons. The predicted molar refractivity (Wildman–Crippen MR) is 90.8 cm³/mol. The first-order valence-electron chi connectivity index (χ1n) is 8.14. The van der Waals surface area contributed by atoms with Crippen molar-refractivity contribution in [1.82, 2.24) is 9.55 Å². The lowest BCUT2D eigenvalue weighted by atomic mass is 10.2. The van der Waals surface area contributed by atoms with Gasteiger partial charge in [-0.25, -0.2) is 4.98 Å². The van der Waals surface area contributed by atoms with Crippen LogP contribution in [-0.4, -0.2) is 28.7 Å². The number of aromatic nitrogens is 2. The Balaban J connectivity index is 1.60. The molecule has 1 amide bonds. The Morgan fingerprint density at radius 3 is 2.63 bits per heavy atom. The number of imidazole rings is 1. The molecule has 1 aliphatic rings. The monoisotopic (exact) mass is 377 g/mol. The van der Waals surface area contributed by atoms with Crippen LogP contribution in [0.25, 0.3) is 11.0 Å². The fourth-order valence-corrected chi connectivity index (χ4v) is 2.92. The summed E-state index contributed by atoms with van der Waals surface area (Å²) in [6, 6.07) is 11.0. The van der Waals surface area contributed by atoms with Crippen LogP contribution in [0, 0.1) is 0 Å². The Morgan fingerprint density at radius 2 is 1.85 bits per heavy atom. The summed E-state index contributed by atoms with van der Waals surface area (Å²) in [6.45, 7) is 0.302. The summed E-state index contributed by atoms with van der Waals surface area (Å²) in [4.78, 5) is 16.0. The SMILES string of the molecule is O=C(Cn1c(C(F)(F)F)nc2ccccc21)Nc1ccc2c(c1)OCCO2. The quantitative estimate of drug-likeness (QED) is 0.759. The molecule has 1 aromatic heterocycles. The van der Waals surface area contributed by atoms with Gasteiger partial charge in [-0.15, -0.1) is 0 Å². The van der Waals surface area contributed by atoms with E-state index in [0.29, 0.717) is 30.4 Å². The molecule has 0 unspecified atom stereocenters. The minimum absolute atomic E-state index is 0.178. The molecule has 0 aliphatic carbocycles. The van der Waals surface area contributed by atoms with Crippen molar-refractivity contribution < 1.29 is 27.4 Å². The van der Waals surface area contributed by atoms with E-state index in [0.717, 1.165) is 4.57 Å². The highest BCUT2D eigenvalue weighted by Gasteiger charge is 2.38. The minimum Gasteiger partial charge on any atom is -0.486 e. The van der Waals surface area contributed by atoms with E-state index in [1.54, 1.807) is 30.3 Å². The number of halogens is 3. The predicted octanol–water partition coefficient (Wildman–Crippen LogP) is 3.47. The van der Waals surface area contributed by atoms with Gasteiger partial charge in [0.2, 0.25) is 11.7 Å². The van der Waals surface area contributed by atoms with E-state index < -0.39 is 24.5 Å². The second-order valence-corrected chi connectivity index (χ2v) is 5.91. The van der Waals surface area contributed by atoms with E-state index in [1.165, 1.54) is 12.1 Å². The molecule has 1 N–H and O–H groups in total. The molecule has 9 heteroatoms. The van der Waals surface area contributed by atoms with Crippen molar-refractivity contribution in [3.8, 4) is 11.5 Å². The van der Waals surface area contributed by atoms with E-state index in [4.69, 9.17) is 9.47 Å². The van der Waals surface area contributed by atoms with Gasteiger partial charge in [-0.3, -0.25) is 4.79 Å². The van der Waals surface area contributed by atoms with Crippen LogP contribution in [0.4, 0.5) is 18.9 Å². The fourth-order valence-electron chi connectivity index (χ4n) is 2.92. The molecule has 27 heavy (non-hydrogen) atoms. The molecule has 0 fully saturated rings. The topological polar surface area (TPSA) is 65.4 Å². The second-order valence-electron chi connectivity index (χ2n) is 5.91. The maximum absolute atomic E-state index is 13.3. The van der Waals surface area contributed by atoms with Crippen molar-refractivity contribution in [1.29, 1.82) is 0 Å². The zero-order valence-corrected chi connectivity index (χ0v) is 13.9. The molecule has 0 bridgehead atoms. The van der Waals surface area contributed by atoms with Crippen LogP contribution in [0.2, 0.25) is 0 Å². The molecule has 0 spiro atoms. The lowest BCUT2D eigenvalue weighted by Gasteiger charge is -2.19. The number of carbonyl (C=O) groups excluding carboxylic acids is 1. The van der Waals surface area contributed by atoms with Crippen LogP contribution in [0.1, 0.15) is 5.82 Å². The number of hydrogen-bond acceptors (Lipinski definition) is 4. The number of carbonyl (C=O) groups is 1. The van der Waals surface area contributed by atoms with Crippen molar-refractivity contribution in [3.05, 3.63) is 48.3 Å². The molecule has 4 rings (SSSR count). The van der Waals surface area contributed by atoms with Gasteiger partial charge in [0, 0.05) is 11.8 Å². The van der Waals surface area contributed by atoms with Crippen molar-refractivity contribution in [2.45, 2.75) is 12.7 Å². The Hall–Kier alpha value is -3.23. The number of rotatable bonds is 3.